The maximum absolute atomic E-state index is 11.8. The molecule has 0 bridgehead atoms. The van der Waals surface area contributed by atoms with Crippen LogP contribution in [0.3, 0.4) is 0 Å². The van der Waals surface area contributed by atoms with Crippen molar-refractivity contribution < 1.29 is 14.7 Å². The van der Waals surface area contributed by atoms with Gasteiger partial charge in [0.25, 0.3) is 5.91 Å². The van der Waals surface area contributed by atoms with Gasteiger partial charge in [0.2, 0.25) is 0 Å². The second-order valence-corrected chi connectivity index (χ2v) is 3.81. The fourth-order valence-electron chi connectivity index (χ4n) is 1.55. The maximum Gasteiger partial charge on any atom is 0.336 e. The zero-order valence-corrected chi connectivity index (χ0v) is 10.4. The van der Waals surface area contributed by atoms with E-state index in [4.69, 9.17) is 5.11 Å². The van der Waals surface area contributed by atoms with Crippen LogP contribution in [-0.4, -0.2) is 36.6 Å². The predicted octanol–water partition coefficient (Wildman–Crippen LogP) is 1.11. The standard InChI is InChI=1S/C13H18N2O3/c1-2-14-8-5-9-15-12(16)10-6-3-4-7-11(10)13(17)18/h3-4,6-7,14H,2,5,8-9H2,1H3,(H,15,16)(H,17,18). The van der Waals surface area contributed by atoms with E-state index in [0.717, 1.165) is 19.5 Å². The van der Waals surface area contributed by atoms with E-state index in [2.05, 4.69) is 10.6 Å². The van der Waals surface area contributed by atoms with E-state index in [1.165, 1.54) is 12.1 Å². The smallest absolute Gasteiger partial charge is 0.336 e. The van der Waals surface area contributed by atoms with Crippen LogP contribution < -0.4 is 10.6 Å². The van der Waals surface area contributed by atoms with Gasteiger partial charge in [-0.2, -0.15) is 0 Å². The Kier molecular flexibility index (Phi) is 5.87. The highest BCUT2D eigenvalue weighted by molar-refractivity contribution is 6.04. The van der Waals surface area contributed by atoms with Crippen LogP contribution in [0.4, 0.5) is 0 Å². The van der Waals surface area contributed by atoms with Gasteiger partial charge in [-0.15, -0.1) is 0 Å². The maximum atomic E-state index is 11.8. The SMILES string of the molecule is CCNCCCNC(=O)c1ccccc1C(=O)O. The van der Waals surface area contributed by atoms with Crippen LogP contribution in [-0.2, 0) is 0 Å². The van der Waals surface area contributed by atoms with Crippen LogP contribution in [0, 0.1) is 0 Å². The Labute approximate surface area is 106 Å². The largest absolute Gasteiger partial charge is 0.478 e. The van der Waals surface area contributed by atoms with Crippen molar-refractivity contribution in [1.29, 1.82) is 0 Å². The van der Waals surface area contributed by atoms with Crippen LogP contribution in [0.25, 0.3) is 0 Å². The van der Waals surface area contributed by atoms with E-state index in [9.17, 15) is 9.59 Å². The highest BCUT2D eigenvalue weighted by atomic mass is 16.4. The Morgan fingerprint density at radius 2 is 1.83 bits per heavy atom. The molecule has 5 heteroatoms. The van der Waals surface area contributed by atoms with Crippen molar-refractivity contribution in [3.63, 3.8) is 0 Å². The number of carboxylic acids is 1. The third-order valence-electron chi connectivity index (χ3n) is 2.47. The molecule has 1 aromatic rings. The lowest BCUT2D eigenvalue weighted by Gasteiger charge is -2.07. The summed E-state index contributed by atoms with van der Waals surface area (Å²) in [4.78, 5) is 22.8. The molecule has 1 aromatic carbocycles. The molecule has 0 spiro atoms. The lowest BCUT2D eigenvalue weighted by molar-refractivity contribution is 0.0691. The third-order valence-corrected chi connectivity index (χ3v) is 2.47. The Morgan fingerprint density at radius 3 is 2.44 bits per heavy atom. The monoisotopic (exact) mass is 250 g/mol. The molecular weight excluding hydrogens is 232 g/mol. The van der Waals surface area contributed by atoms with Crippen LogP contribution in [0.1, 0.15) is 34.1 Å². The Hall–Kier alpha value is -1.88. The summed E-state index contributed by atoms with van der Waals surface area (Å²) in [7, 11) is 0. The van der Waals surface area contributed by atoms with Gasteiger partial charge in [-0.05, 0) is 31.6 Å². The summed E-state index contributed by atoms with van der Waals surface area (Å²) in [6.07, 6.45) is 0.814. The average molecular weight is 250 g/mol. The van der Waals surface area contributed by atoms with Gasteiger partial charge in [-0.25, -0.2) is 4.79 Å². The summed E-state index contributed by atoms with van der Waals surface area (Å²) in [5.41, 5.74) is 0.232. The molecule has 1 rings (SSSR count). The van der Waals surface area contributed by atoms with E-state index in [-0.39, 0.29) is 17.0 Å². The fourth-order valence-corrected chi connectivity index (χ4v) is 1.55. The minimum absolute atomic E-state index is 0.0293. The molecule has 0 saturated heterocycles. The molecule has 0 heterocycles. The molecule has 1 amide bonds. The number of hydrogen-bond donors (Lipinski definition) is 3. The minimum atomic E-state index is -1.09. The zero-order chi connectivity index (χ0) is 13.4. The Balaban J connectivity index is 2.54. The molecule has 0 saturated carbocycles. The van der Waals surface area contributed by atoms with Gasteiger partial charge in [0.1, 0.15) is 0 Å². The Bertz CT molecular complexity index is 418. The van der Waals surface area contributed by atoms with Gasteiger partial charge in [0, 0.05) is 6.54 Å². The van der Waals surface area contributed by atoms with Gasteiger partial charge >= 0.3 is 5.97 Å². The molecule has 0 aromatic heterocycles. The van der Waals surface area contributed by atoms with Crippen LogP contribution in [0.2, 0.25) is 0 Å². The van der Waals surface area contributed by atoms with Crippen molar-refractivity contribution in [2.75, 3.05) is 19.6 Å². The van der Waals surface area contributed by atoms with Gasteiger partial charge in [0.15, 0.2) is 0 Å². The first-order valence-electron chi connectivity index (χ1n) is 5.98. The quantitative estimate of drug-likeness (QED) is 0.633. The predicted molar refractivity (Wildman–Crippen MR) is 68.9 cm³/mol. The number of nitrogens with one attached hydrogen (secondary N) is 2. The van der Waals surface area contributed by atoms with Crippen LogP contribution in [0.15, 0.2) is 24.3 Å². The van der Waals surface area contributed by atoms with Gasteiger partial charge in [-0.1, -0.05) is 19.1 Å². The number of amides is 1. The van der Waals surface area contributed by atoms with E-state index >= 15 is 0 Å². The third kappa shape index (κ3) is 4.18. The average Bonchev–Trinajstić information content (AvgIpc) is 2.38. The summed E-state index contributed by atoms with van der Waals surface area (Å²) in [6.45, 7) is 4.27. The van der Waals surface area contributed by atoms with Crippen molar-refractivity contribution in [2.24, 2.45) is 0 Å². The molecule has 3 N–H and O–H groups in total. The highest BCUT2D eigenvalue weighted by Gasteiger charge is 2.14. The number of carboxylic acid groups (broad SMARTS) is 1. The lowest BCUT2D eigenvalue weighted by atomic mass is 10.1. The number of carbonyl (C=O) groups is 2. The first-order chi connectivity index (χ1) is 8.66. The molecule has 0 aliphatic carbocycles. The topological polar surface area (TPSA) is 78.4 Å². The van der Waals surface area contributed by atoms with Crippen molar-refractivity contribution >= 4 is 11.9 Å². The molecule has 0 radical (unpaired) electrons. The normalized spacial score (nSPS) is 10.1. The second-order valence-electron chi connectivity index (χ2n) is 3.81. The minimum Gasteiger partial charge on any atom is -0.478 e. The molecule has 0 fully saturated rings. The molecular formula is C13H18N2O3. The fraction of sp³-hybridized carbons (Fsp3) is 0.385. The zero-order valence-electron chi connectivity index (χ0n) is 10.4. The summed E-state index contributed by atoms with van der Waals surface area (Å²) in [5.74, 6) is -1.43. The summed E-state index contributed by atoms with van der Waals surface area (Å²) < 4.78 is 0. The second kappa shape index (κ2) is 7.45. The molecule has 0 aliphatic rings. The molecule has 5 nitrogen and oxygen atoms in total. The summed E-state index contributed by atoms with van der Waals surface area (Å²) >= 11 is 0. The highest BCUT2D eigenvalue weighted by Crippen LogP contribution is 2.08. The van der Waals surface area contributed by atoms with Gasteiger partial charge < -0.3 is 15.7 Å². The van der Waals surface area contributed by atoms with Crippen molar-refractivity contribution in [3.8, 4) is 0 Å². The first kappa shape index (κ1) is 14.2. The molecule has 0 aliphatic heterocycles. The van der Waals surface area contributed by atoms with Crippen LogP contribution >= 0.6 is 0 Å². The number of rotatable bonds is 7. The Morgan fingerprint density at radius 1 is 1.17 bits per heavy atom. The lowest BCUT2D eigenvalue weighted by Crippen LogP contribution is -2.28. The molecule has 0 atom stereocenters. The van der Waals surface area contributed by atoms with Gasteiger partial charge in [-0.3, -0.25) is 4.79 Å². The van der Waals surface area contributed by atoms with Crippen molar-refractivity contribution in [3.05, 3.63) is 35.4 Å². The van der Waals surface area contributed by atoms with E-state index in [0.29, 0.717) is 6.54 Å². The summed E-state index contributed by atoms with van der Waals surface area (Å²) in [6, 6.07) is 6.20. The number of benzene rings is 1. The molecule has 0 unspecified atom stereocenters. The molecule has 18 heavy (non-hydrogen) atoms. The van der Waals surface area contributed by atoms with E-state index in [1.807, 2.05) is 6.92 Å². The van der Waals surface area contributed by atoms with E-state index in [1.54, 1.807) is 12.1 Å². The van der Waals surface area contributed by atoms with Crippen molar-refractivity contribution in [2.45, 2.75) is 13.3 Å². The van der Waals surface area contributed by atoms with Crippen molar-refractivity contribution in [1.82, 2.24) is 10.6 Å². The van der Waals surface area contributed by atoms with Gasteiger partial charge in [0.05, 0.1) is 11.1 Å². The molecule has 98 valence electrons. The van der Waals surface area contributed by atoms with E-state index < -0.39 is 5.97 Å². The number of carbonyl (C=O) groups excluding carboxylic acids is 1. The first-order valence-corrected chi connectivity index (χ1v) is 5.98. The van der Waals surface area contributed by atoms with Crippen LogP contribution in [0.5, 0.6) is 0 Å². The number of hydrogen-bond acceptors (Lipinski definition) is 3. The number of aromatic carboxylic acids is 1. The summed E-state index contributed by atoms with van der Waals surface area (Å²) in [5, 5.41) is 14.8.